The second-order valence-electron chi connectivity index (χ2n) is 27.8. The molecular formula is C98H74N6O7. The molecule has 0 bridgehead atoms. The molecule has 13 nitrogen and oxygen atoms in total. The van der Waals surface area contributed by atoms with Gasteiger partial charge in [0.2, 0.25) is 0 Å². The lowest BCUT2D eigenvalue weighted by atomic mass is 9.76. The molecule has 2 amide bonds. The van der Waals surface area contributed by atoms with E-state index in [0.717, 1.165) is 71.3 Å². The summed E-state index contributed by atoms with van der Waals surface area (Å²) in [7, 11) is 6.51. The predicted molar refractivity (Wildman–Crippen MR) is 450 cm³/mol. The minimum absolute atomic E-state index is 0.210. The molecule has 0 fully saturated rings. The molecule has 0 aromatic heterocycles. The molecule has 18 rings (SSSR count). The van der Waals surface area contributed by atoms with Gasteiger partial charge in [-0.15, -0.1) is 0 Å². The first-order valence-corrected chi connectivity index (χ1v) is 36.7. The molecule has 0 aliphatic rings. The van der Waals surface area contributed by atoms with Crippen molar-refractivity contribution in [2.24, 2.45) is 20.5 Å². The number of nitrogens with one attached hydrogen (secondary N) is 2. The van der Waals surface area contributed by atoms with Crippen molar-refractivity contribution in [1.29, 1.82) is 0 Å². The normalized spacial score (nSPS) is 12.5. The van der Waals surface area contributed by atoms with E-state index in [4.69, 9.17) is 18.9 Å². The number of hydrogen-bond donors (Lipinski definition) is 3. The summed E-state index contributed by atoms with van der Waals surface area (Å²) in [5.41, 5.74) is 10.3. The summed E-state index contributed by atoms with van der Waals surface area (Å²) in [5, 5.41) is 55.6. The number of rotatable bonds is 18. The van der Waals surface area contributed by atoms with Gasteiger partial charge in [0.25, 0.3) is 11.8 Å². The van der Waals surface area contributed by atoms with Crippen LogP contribution in [0.5, 0.6) is 23.0 Å². The summed E-state index contributed by atoms with van der Waals surface area (Å²) < 4.78 is 23.1. The molecule has 0 radical (unpaired) electrons. The zero-order valence-electron chi connectivity index (χ0n) is 61.8. The first-order chi connectivity index (χ1) is 54.3. The van der Waals surface area contributed by atoms with Crippen LogP contribution in [0.4, 0.5) is 34.1 Å². The highest BCUT2D eigenvalue weighted by molar-refractivity contribution is 6.34. The van der Waals surface area contributed by atoms with E-state index in [1.165, 1.54) is 54.0 Å². The number of nitrogens with zero attached hydrogens (tertiary/aromatic N) is 4. The summed E-state index contributed by atoms with van der Waals surface area (Å²) >= 11 is 0. The van der Waals surface area contributed by atoms with E-state index in [0.29, 0.717) is 73.6 Å². The molecule has 0 saturated carbocycles. The van der Waals surface area contributed by atoms with Crippen LogP contribution in [0.15, 0.2) is 336 Å². The Morgan fingerprint density at radius 2 is 0.712 bits per heavy atom. The number of fused-ring (bicyclic) bond motifs is 4. The number of aliphatic hydroxyl groups is 1. The summed E-state index contributed by atoms with van der Waals surface area (Å²) in [5.74, 6) is 1.63. The van der Waals surface area contributed by atoms with Crippen molar-refractivity contribution in [3.05, 3.63) is 371 Å². The number of carbonyl (C=O) groups excluding carboxylic acids is 2. The molecule has 18 aromatic rings. The minimum Gasteiger partial charge on any atom is -0.497 e. The third kappa shape index (κ3) is 13.1. The van der Waals surface area contributed by atoms with Gasteiger partial charge in [-0.25, -0.2) is 0 Å². The molecular weight excluding hydrogens is 1370 g/mol. The van der Waals surface area contributed by atoms with Gasteiger partial charge in [-0.1, -0.05) is 199 Å². The Morgan fingerprint density at radius 1 is 0.333 bits per heavy atom. The fourth-order valence-corrected chi connectivity index (χ4v) is 15.8. The fraction of sp³-hybridized carbons (Fsp3) is 0.0816. The molecule has 2 atom stereocenters. The quantitative estimate of drug-likeness (QED) is 0.0333. The zero-order chi connectivity index (χ0) is 75.9. The lowest BCUT2D eigenvalue weighted by Crippen LogP contribution is -2.30. The van der Waals surface area contributed by atoms with Crippen LogP contribution in [0.2, 0.25) is 0 Å². The summed E-state index contributed by atoms with van der Waals surface area (Å²) in [6.45, 7) is 4.06. The average Bonchev–Trinajstić information content (AvgIpc) is 0.697. The van der Waals surface area contributed by atoms with Crippen LogP contribution >= 0.6 is 0 Å². The first-order valence-electron chi connectivity index (χ1n) is 36.7. The summed E-state index contributed by atoms with van der Waals surface area (Å²) in [6, 6.07) is 104. The number of benzene rings is 18. The van der Waals surface area contributed by atoms with Crippen molar-refractivity contribution in [2.45, 2.75) is 25.4 Å². The largest absolute Gasteiger partial charge is 0.497 e. The van der Waals surface area contributed by atoms with E-state index in [2.05, 4.69) is 165 Å². The van der Waals surface area contributed by atoms with Crippen molar-refractivity contribution < 1.29 is 33.6 Å². The molecule has 13 heteroatoms. The monoisotopic (exact) mass is 1450 g/mol. The van der Waals surface area contributed by atoms with Crippen LogP contribution in [0, 0.1) is 13.8 Å². The Labute approximate surface area is 641 Å². The minimum atomic E-state index is -1.77. The van der Waals surface area contributed by atoms with Crippen LogP contribution in [0.1, 0.15) is 71.1 Å². The Kier molecular flexibility index (Phi) is 18.6. The number of methoxy groups -OCH3 is 4. The van der Waals surface area contributed by atoms with Gasteiger partial charge in [0.15, 0.2) is 0 Å². The smallest absolute Gasteiger partial charge is 0.255 e. The highest BCUT2D eigenvalue weighted by Crippen LogP contribution is 2.51. The highest BCUT2D eigenvalue weighted by atomic mass is 16.5. The van der Waals surface area contributed by atoms with Crippen molar-refractivity contribution in [3.8, 4) is 23.0 Å². The molecule has 111 heavy (non-hydrogen) atoms. The highest BCUT2D eigenvalue weighted by Gasteiger charge is 2.39. The topological polar surface area (TPSA) is 165 Å². The Morgan fingerprint density at radius 3 is 1.21 bits per heavy atom. The van der Waals surface area contributed by atoms with Crippen LogP contribution < -0.4 is 29.6 Å². The molecule has 0 heterocycles. The van der Waals surface area contributed by atoms with E-state index in [1.54, 1.807) is 77.0 Å². The average molecular weight is 1450 g/mol. The van der Waals surface area contributed by atoms with E-state index in [9.17, 15) is 14.7 Å². The van der Waals surface area contributed by atoms with Gasteiger partial charge in [-0.2, -0.15) is 20.5 Å². The Hall–Kier alpha value is -14.1. The number of azo groups is 2. The van der Waals surface area contributed by atoms with Crippen molar-refractivity contribution in [3.63, 3.8) is 0 Å². The summed E-state index contributed by atoms with van der Waals surface area (Å²) in [4.78, 5) is 27.7. The van der Waals surface area contributed by atoms with Crippen molar-refractivity contribution >= 4 is 132 Å². The number of aryl methyl sites for hydroxylation is 2. The maximum Gasteiger partial charge on any atom is 0.255 e. The van der Waals surface area contributed by atoms with Gasteiger partial charge in [-0.3, -0.25) is 9.59 Å². The second kappa shape index (κ2) is 29.5. The number of anilines is 2. The van der Waals surface area contributed by atoms with Crippen LogP contribution in [-0.4, -0.2) is 45.4 Å². The predicted octanol–water partition coefficient (Wildman–Crippen LogP) is 24.9. The zero-order valence-corrected chi connectivity index (χ0v) is 61.8. The molecule has 0 aliphatic carbocycles. The van der Waals surface area contributed by atoms with E-state index >= 15 is 0 Å². The van der Waals surface area contributed by atoms with Gasteiger partial charge in [0.05, 0.1) is 51.2 Å². The maximum absolute atomic E-state index is 13.9. The fourth-order valence-electron chi connectivity index (χ4n) is 15.8. The van der Waals surface area contributed by atoms with Gasteiger partial charge < -0.3 is 34.7 Å². The molecule has 0 aliphatic heterocycles. The van der Waals surface area contributed by atoms with Crippen LogP contribution in [-0.2, 0) is 5.60 Å². The third-order valence-electron chi connectivity index (χ3n) is 21.2. The van der Waals surface area contributed by atoms with E-state index < -0.39 is 5.60 Å². The second-order valence-corrected chi connectivity index (χ2v) is 27.8. The number of hydrogen-bond acceptors (Lipinski definition) is 11. The number of ether oxygens (including phenoxy) is 4. The number of carbonyl (C=O) groups is 2. The van der Waals surface area contributed by atoms with Gasteiger partial charge in [0.1, 0.15) is 28.6 Å². The van der Waals surface area contributed by atoms with Crippen LogP contribution in [0.25, 0.3) is 86.2 Å². The molecule has 538 valence electrons. The Bertz CT molecular complexity index is 6560. The van der Waals surface area contributed by atoms with Gasteiger partial charge in [-0.05, 0) is 232 Å². The van der Waals surface area contributed by atoms with Crippen molar-refractivity contribution in [1.82, 2.24) is 0 Å². The lowest BCUT2D eigenvalue weighted by molar-refractivity contribution is 0.101. The molecule has 0 saturated heterocycles. The maximum atomic E-state index is 13.9. The first kappa shape index (κ1) is 69.9. The van der Waals surface area contributed by atoms with Crippen LogP contribution in [0.3, 0.4) is 0 Å². The third-order valence-corrected chi connectivity index (χ3v) is 21.2. The van der Waals surface area contributed by atoms with Crippen molar-refractivity contribution in [2.75, 3.05) is 39.1 Å². The Balaban J connectivity index is 0.000000161. The number of amides is 2. The summed E-state index contributed by atoms with van der Waals surface area (Å²) in [6.07, 6.45) is 0. The molecule has 2 unspecified atom stereocenters. The van der Waals surface area contributed by atoms with Gasteiger partial charge >= 0.3 is 0 Å². The SMILES string of the molecule is COc1ccc(C(O)(c2cccc(C(=O)Nc3ccc(N=Nc4ccc(C)cc4)cc3)c2)c2ccc3c4cccc5cccc(c6cccc2c63)c54)c(OC)c1.COc1ccc(C(c2cccc(C(=O)Nc3ccc(N=Nc4ccc(C)cc4)cc3)c2)c2ccc3c4cccc5cccc(c6cccc2c63)c54)c(OC)c1. The molecule has 0 spiro atoms. The standard InChI is InChI=1S/C49H37N3O4.C49H37N3O3/c1-30-16-18-35(19-17-30)51-52-36-22-20-34(21-23-36)50-48(53)32-10-4-11-33(28-32)49(54,44-26-24-37(55-2)29-45(44)56-3)43-27-25-41-39-13-6-9-31-8-5-12-38(46(31)39)40-14-7-15-42(43)47(40)41;1-30-16-18-35(19-17-30)51-52-36-22-20-34(21-23-36)50-49(53)33-11-4-10-32(28-33)47(44-25-24-37(54-2)29-45(44)55-3)42-26-27-43-39-13-6-9-31-8-5-12-38(46(31)39)40-14-7-15-41(42)48(40)43/h4-29,54H,1-3H3,(H,50,53);4-29,47H,1-3H3,(H,50,53). The van der Waals surface area contributed by atoms with Gasteiger partial charge in [0, 0.05) is 57.2 Å². The van der Waals surface area contributed by atoms with E-state index in [-0.39, 0.29) is 17.7 Å². The molecule has 18 aromatic carbocycles. The van der Waals surface area contributed by atoms with E-state index in [1.807, 2.05) is 147 Å². The molecule has 3 N–H and O–H groups in total. The lowest BCUT2D eigenvalue weighted by Gasteiger charge is -2.33.